The lowest BCUT2D eigenvalue weighted by atomic mass is 10.1. The molecule has 5 nitrogen and oxygen atoms in total. The number of hydrogen-bond donors (Lipinski definition) is 1. The summed E-state index contributed by atoms with van der Waals surface area (Å²) in [6.45, 7) is 6.91. The van der Waals surface area contributed by atoms with E-state index in [1.807, 2.05) is 30.0 Å². The molecule has 154 valence electrons. The van der Waals surface area contributed by atoms with Crippen molar-refractivity contribution < 1.29 is 14.0 Å². The Bertz CT molecular complexity index is 859. The quantitative estimate of drug-likeness (QED) is 0.815. The molecule has 3 rings (SSSR count). The van der Waals surface area contributed by atoms with Gasteiger partial charge in [-0.05, 0) is 42.2 Å². The summed E-state index contributed by atoms with van der Waals surface area (Å²) in [6.07, 6.45) is 1.14. The second-order valence-electron chi connectivity index (χ2n) is 7.47. The van der Waals surface area contributed by atoms with Gasteiger partial charge in [0.25, 0.3) is 0 Å². The molecule has 1 N–H and O–H groups in total. The predicted octanol–water partition coefficient (Wildman–Crippen LogP) is 3.02. The largest absolute Gasteiger partial charge is 0.340 e. The summed E-state index contributed by atoms with van der Waals surface area (Å²) < 4.78 is 13.0. The van der Waals surface area contributed by atoms with Crippen molar-refractivity contribution in [1.82, 2.24) is 9.80 Å². The summed E-state index contributed by atoms with van der Waals surface area (Å²) in [6, 6.07) is 12.1. The third kappa shape index (κ3) is 5.64. The number of rotatable bonds is 6. The van der Waals surface area contributed by atoms with Crippen molar-refractivity contribution in [1.29, 1.82) is 0 Å². The normalized spacial score (nSPS) is 14.7. The van der Waals surface area contributed by atoms with E-state index in [4.69, 9.17) is 0 Å². The lowest BCUT2D eigenvalue weighted by molar-refractivity contribution is -0.132. The molecule has 0 bridgehead atoms. The van der Waals surface area contributed by atoms with Crippen LogP contribution in [0.1, 0.15) is 23.6 Å². The van der Waals surface area contributed by atoms with Crippen LogP contribution in [0.4, 0.5) is 10.1 Å². The first-order valence-electron chi connectivity index (χ1n) is 10.1. The van der Waals surface area contributed by atoms with Crippen molar-refractivity contribution in [3.05, 3.63) is 65.0 Å². The molecule has 0 saturated carbocycles. The van der Waals surface area contributed by atoms with Gasteiger partial charge in [0.1, 0.15) is 5.82 Å². The van der Waals surface area contributed by atoms with Crippen molar-refractivity contribution >= 4 is 17.5 Å². The van der Waals surface area contributed by atoms with Crippen molar-refractivity contribution in [2.45, 2.75) is 26.7 Å². The molecule has 1 aliphatic rings. The molecule has 2 amide bonds. The average molecular weight is 397 g/mol. The van der Waals surface area contributed by atoms with Crippen LogP contribution in [0, 0.1) is 12.7 Å². The van der Waals surface area contributed by atoms with E-state index in [1.54, 1.807) is 12.1 Å². The predicted molar refractivity (Wildman–Crippen MR) is 112 cm³/mol. The van der Waals surface area contributed by atoms with Crippen LogP contribution in [0.15, 0.2) is 42.5 Å². The Balaban J connectivity index is 1.47. The fraction of sp³-hybridized carbons (Fsp3) is 0.391. The lowest BCUT2D eigenvalue weighted by Gasteiger charge is -2.34. The maximum atomic E-state index is 13.0. The minimum Gasteiger partial charge on any atom is -0.340 e. The maximum absolute atomic E-state index is 13.0. The molecule has 0 aromatic heterocycles. The molecule has 0 atom stereocenters. The molecule has 29 heavy (non-hydrogen) atoms. The van der Waals surface area contributed by atoms with Gasteiger partial charge in [0, 0.05) is 31.9 Å². The monoisotopic (exact) mass is 397 g/mol. The molecule has 1 saturated heterocycles. The number of nitrogens with zero attached hydrogens (tertiary/aromatic N) is 2. The van der Waals surface area contributed by atoms with E-state index in [0.29, 0.717) is 32.7 Å². The van der Waals surface area contributed by atoms with Crippen LogP contribution < -0.4 is 5.32 Å². The van der Waals surface area contributed by atoms with Gasteiger partial charge in [0.05, 0.1) is 13.0 Å². The third-order valence-electron chi connectivity index (χ3n) is 5.37. The fourth-order valence-corrected chi connectivity index (χ4v) is 3.63. The summed E-state index contributed by atoms with van der Waals surface area (Å²) in [5.74, 6) is -0.293. The Morgan fingerprint density at radius 2 is 1.72 bits per heavy atom. The minimum atomic E-state index is -0.301. The zero-order valence-corrected chi connectivity index (χ0v) is 17.1. The van der Waals surface area contributed by atoms with E-state index in [-0.39, 0.29) is 24.1 Å². The summed E-state index contributed by atoms with van der Waals surface area (Å²) in [4.78, 5) is 28.9. The fourth-order valence-electron chi connectivity index (χ4n) is 3.63. The number of amides is 2. The molecular formula is C23H28FN3O2. The first-order valence-corrected chi connectivity index (χ1v) is 10.1. The molecule has 6 heteroatoms. The SMILES string of the molecule is CCc1cccc(C)c1NC(=O)CN1CCN(C(=O)Cc2ccc(F)cc2)CC1. The van der Waals surface area contributed by atoms with Crippen LogP contribution in [-0.2, 0) is 22.4 Å². The highest BCUT2D eigenvalue weighted by atomic mass is 19.1. The number of carbonyl (C=O) groups excluding carboxylic acids is 2. The van der Waals surface area contributed by atoms with Gasteiger partial charge in [0.15, 0.2) is 0 Å². The molecular weight excluding hydrogens is 369 g/mol. The number of nitrogens with one attached hydrogen (secondary N) is 1. The molecule has 0 unspecified atom stereocenters. The Kier molecular flexibility index (Phi) is 6.99. The Hall–Kier alpha value is -2.73. The molecule has 2 aromatic carbocycles. The molecule has 0 aliphatic carbocycles. The number of halogens is 1. The van der Waals surface area contributed by atoms with E-state index in [2.05, 4.69) is 17.1 Å². The van der Waals surface area contributed by atoms with Crippen LogP contribution >= 0.6 is 0 Å². The van der Waals surface area contributed by atoms with Gasteiger partial charge in [-0.3, -0.25) is 14.5 Å². The molecule has 1 heterocycles. The second kappa shape index (κ2) is 9.65. The highest BCUT2D eigenvalue weighted by Gasteiger charge is 2.23. The topological polar surface area (TPSA) is 52.7 Å². The summed E-state index contributed by atoms with van der Waals surface area (Å²) in [5, 5.41) is 3.06. The number of piperazine rings is 1. The first-order chi connectivity index (χ1) is 14.0. The average Bonchev–Trinajstić information content (AvgIpc) is 2.71. The molecule has 1 aliphatic heterocycles. The van der Waals surface area contributed by atoms with Crippen LogP contribution in [0.5, 0.6) is 0 Å². The smallest absolute Gasteiger partial charge is 0.238 e. The summed E-state index contributed by atoms with van der Waals surface area (Å²) in [5.41, 5.74) is 3.92. The first kappa shape index (κ1) is 21.0. The van der Waals surface area contributed by atoms with Crippen molar-refractivity contribution in [3.63, 3.8) is 0 Å². The number of benzene rings is 2. The number of para-hydroxylation sites is 1. The number of anilines is 1. The Morgan fingerprint density at radius 3 is 2.38 bits per heavy atom. The van der Waals surface area contributed by atoms with Gasteiger partial charge in [-0.2, -0.15) is 0 Å². The zero-order chi connectivity index (χ0) is 20.8. The van der Waals surface area contributed by atoms with E-state index in [9.17, 15) is 14.0 Å². The highest BCUT2D eigenvalue weighted by Crippen LogP contribution is 2.21. The maximum Gasteiger partial charge on any atom is 0.238 e. The van der Waals surface area contributed by atoms with E-state index in [0.717, 1.165) is 28.8 Å². The molecule has 0 radical (unpaired) electrons. The molecule has 1 fully saturated rings. The lowest BCUT2D eigenvalue weighted by Crippen LogP contribution is -2.50. The van der Waals surface area contributed by atoms with Gasteiger partial charge >= 0.3 is 0 Å². The van der Waals surface area contributed by atoms with Crippen LogP contribution in [-0.4, -0.2) is 54.3 Å². The van der Waals surface area contributed by atoms with Crippen LogP contribution in [0.2, 0.25) is 0 Å². The van der Waals surface area contributed by atoms with Gasteiger partial charge in [-0.1, -0.05) is 37.3 Å². The Labute approximate surface area is 171 Å². The summed E-state index contributed by atoms with van der Waals surface area (Å²) in [7, 11) is 0. The second-order valence-corrected chi connectivity index (χ2v) is 7.47. The van der Waals surface area contributed by atoms with Gasteiger partial charge in [0.2, 0.25) is 11.8 Å². The van der Waals surface area contributed by atoms with Gasteiger partial charge in [-0.15, -0.1) is 0 Å². The van der Waals surface area contributed by atoms with Gasteiger partial charge < -0.3 is 10.2 Å². The Morgan fingerprint density at radius 1 is 1.03 bits per heavy atom. The van der Waals surface area contributed by atoms with Crippen molar-refractivity contribution in [2.24, 2.45) is 0 Å². The van der Waals surface area contributed by atoms with Crippen LogP contribution in [0.25, 0.3) is 0 Å². The van der Waals surface area contributed by atoms with Crippen molar-refractivity contribution in [3.8, 4) is 0 Å². The van der Waals surface area contributed by atoms with Gasteiger partial charge in [-0.25, -0.2) is 4.39 Å². The molecule has 2 aromatic rings. The molecule has 0 spiro atoms. The van der Waals surface area contributed by atoms with E-state index >= 15 is 0 Å². The van der Waals surface area contributed by atoms with E-state index in [1.165, 1.54) is 12.1 Å². The minimum absolute atomic E-state index is 0.0277. The van der Waals surface area contributed by atoms with E-state index < -0.39 is 0 Å². The standard InChI is InChI=1S/C23H28FN3O2/c1-3-19-6-4-5-17(2)23(19)25-21(28)16-26-11-13-27(14-12-26)22(29)15-18-7-9-20(24)10-8-18/h4-10H,3,11-16H2,1-2H3,(H,25,28). The number of carbonyl (C=O) groups is 2. The highest BCUT2D eigenvalue weighted by molar-refractivity contribution is 5.93. The third-order valence-corrected chi connectivity index (χ3v) is 5.37. The number of aryl methyl sites for hydroxylation is 2. The van der Waals surface area contributed by atoms with Crippen LogP contribution in [0.3, 0.4) is 0 Å². The zero-order valence-electron chi connectivity index (χ0n) is 17.1. The van der Waals surface area contributed by atoms with Crippen molar-refractivity contribution in [2.75, 3.05) is 38.0 Å². The summed E-state index contributed by atoms with van der Waals surface area (Å²) >= 11 is 0. The number of hydrogen-bond acceptors (Lipinski definition) is 3.